The molecule has 0 spiro atoms. The third-order valence-corrected chi connectivity index (χ3v) is 3.49. The van der Waals surface area contributed by atoms with Crippen molar-refractivity contribution in [3.8, 4) is 11.4 Å². The van der Waals surface area contributed by atoms with Crippen molar-refractivity contribution in [2.75, 3.05) is 18.6 Å². The molecule has 0 bridgehead atoms. The van der Waals surface area contributed by atoms with E-state index in [1.54, 1.807) is 25.1 Å². The van der Waals surface area contributed by atoms with Crippen LogP contribution in [0.3, 0.4) is 0 Å². The van der Waals surface area contributed by atoms with E-state index in [-0.39, 0.29) is 18.7 Å². The molecule has 0 saturated carbocycles. The number of para-hydroxylation sites is 1. The van der Waals surface area contributed by atoms with Gasteiger partial charge >= 0.3 is 5.97 Å². The molecule has 0 unspecified atom stereocenters. The van der Waals surface area contributed by atoms with E-state index in [9.17, 15) is 9.59 Å². The molecule has 1 heterocycles. The van der Waals surface area contributed by atoms with Gasteiger partial charge in [-0.25, -0.2) is 9.66 Å². The lowest BCUT2D eigenvalue weighted by Gasteiger charge is -2.15. The van der Waals surface area contributed by atoms with Gasteiger partial charge in [-0.1, -0.05) is 42.5 Å². The van der Waals surface area contributed by atoms with Crippen molar-refractivity contribution in [2.24, 2.45) is 0 Å². The molecular formula is C18H17N3O3. The molecule has 0 aliphatic carbocycles. The van der Waals surface area contributed by atoms with Crippen LogP contribution in [0.5, 0.6) is 0 Å². The fourth-order valence-corrected chi connectivity index (χ4v) is 2.42. The number of fused-ring (bicyclic) bond motifs is 1. The summed E-state index contributed by atoms with van der Waals surface area (Å²) in [6, 6.07) is 16.5. The van der Waals surface area contributed by atoms with Gasteiger partial charge in [0.1, 0.15) is 6.54 Å². The lowest BCUT2D eigenvalue weighted by Crippen LogP contribution is -2.35. The van der Waals surface area contributed by atoms with E-state index < -0.39 is 5.97 Å². The average molecular weight is 323 g/mol. The van der Waals surface area contributed by atoms with E-state index in [2.05, 4.69) is 10.4 Å². The van der Waals surface area contributed by atoms with Crippen LogP contribution in [-0.2, 0) is 9.53 Å². The molecule has 122 valence electrons. The first-order chi connectivity index (χ1) is 11.7. The molecule has 24 heavy (non-hydrogen) atoms. The highest BCUT2D eigenvalue weighted by atomic mass is 16.5. The van der Waals surface area contributed by atoms with Gasteiger partial charge in [0.05, 0.1) is 17.5 Å². The molecule has 2 aromatic carbocycles. The third kappa shape index (κ3) is 3.12. The number of aromatic nitrogens is 2. The van der Waals surface area contributed by atoms with Crippen LogP contribution in [0, 0.1) is 0 Å². The molecule has 1 aromatic heterocycles. The Hall–Kier alpha value is -3.15. The Kier molecular flexibility index (Phi) is 4.56. The average Bonchev–Trinajstić information content (AvgIpc) is 2.62. The second-order valence-electron chi connectivity index (χ2n) is 5.10. The van der Waals surface area contributed by atoms with Gasteiger partial charge in [-0.3, -0.25) is 9.59 Å². The highest BCUT2D eigenvalue weighted by molar-refractivity contribution is 5.80. The highest BCUT2D eigenvalue weighted by Gasteiger charge is 2.13. The van der Waals surface area contributed by atoms with Crippen LogP contribution in [0.2, 0.25) is 0 Å². The van der Waals surface area contributed by atoms with Crippen molar-refractivity contribution in [3.05, 3.63) is 65.0 Å². The summed E-state index contributed by atoms with van der Waals surface area (Å²) in [6.45, 7) is 1.90. The second-order valence-corrected chi connectivity index (χ2v) is 5.10. The predicted octanol–water partition coefficient (Wildman–Crippen LogP) is 2.17. The number of nitrogens with one attached hydrogen (secondary N) is 1. The molecule has 0 aliphatic rings. The maximum Gasteiger partial charge on any atom is 0.326 e. The van der Waals surface area contributed by atoms with Gasteiger partial charge in [0, 0.05) is 5.56 Å². The van der Waals surface area contributed by atoms with Crippen LogP contribution in [0.25, 0.3) is 22.3 Å². The zero-order valence-corrected chi connectivity index (χ0v) is 13.2. The first-order valence-electron chi connectivity index (χ1n) is 7.67. The number of ether oxygens (including phenoxy) is 1. The SMILES string of the molecule is CCOC(=O)CNn1c(-c2ccccc2)nc2ccccc2c1=O. The fraction of sp³-hybridized carbons (Fsp3) is 0.167. The molecule has 0 fully saturated rings. The van der Waals surface area contributed by atoms with E-state index in [4.69, 9.17) is 4.74 Å². The van der Waals surface area contributed by atoms with Crippen LogP contribution in [0.1, 0.15) is 6.92 Å². The van der Waals surface area contributed by atoms with Crippen molar-refractivity contribution in [1.82, 2.24) is 9.66 Å². The first-order valence-corrected chi connectivity index (χ1v) is 7.67. The summed E-state index contributed by atoms with van der Waals surface area (Å²) in [5, 5.41) is 0.480. The Morgan fingerprint density at radius 2 is 1.83 bits per heavy atom. The lowest BCUT2D eigenvalue weighted by atomic mass is 10.2. The van der Waals surface area contributed by atoms with Crippen LogP contribution in [-0.4, -0.2) is 28.8 Å². The summed E-state index contributed by atoms with van der Waals surface area (Å²) < 4.78 is 6.20. The maximum absolute atomic E-state index is 12.8. The Bertz CT molecular complexity index is 920. The molecule has 3 rings (SSSR count). The van der Waals surface area contributed by atoms with Crippen LogP contribution >= 0.6 is 0 Å². The van der Waals surface area contributed by atoms with Gasteiger partial charge < -0.3 is 10.2 Å². The Balaban J connectivity index is 2.11. The molecular weight excluding hydrogens is 306 g/mol. The minimum Gasteiger partial charge on any atom is -0.465 e. The Labute approximate surface area is 138 Å². The van der Waals surface area contributed by atoms with Gasteiger partial charge in [0.25, 0.3) is 5.56 Å². The van der Waals surface area contributed by atoms with Gasteiger partial charge in [-0.2, -0.15) is 0 Å². The molecule has 0 amide bonds. The number of hydrogen-bond donors (Lipinski definition) is 1. The topological polar surface area (TPSA) is 73.2 Å². The van der Waals surface area contributed by atoms with Gasteiger partial charge in [0.15, 0.2) is 5.82 Å². The molecule has 0 radical (unpaired) electrons. The van der Waals surface area contributed by atoms with E-state index >= 15 is 0 Å². The fourth-order valence-electron chi connectivity index (χ4n) is 2.42. The highest BCUT2D eigenvalue weighted by Crippen LogP contribution is 2.17. The minimum atomic E-state index is -0.434. The summed E-state index contributed by atoms with van der Waals surface area (Å²) in [7, 11) is 0. The monoisotopic (exact) mass is 323 g/mol. The molecule has 3 aromatic rings. The Morgan fingerprint density at radius 3 is 2.58 bits per heavy atom. The van der Waals surface area contributed by atoms with Crippen molar-refractivity contribution >= 4 is 16.9 Å². The number of benzene rings is 2. The molecule has 0 atom stereocenters. The number of rotatable bonds is 5. The largest absolute Gasteiger partial charge is 0.465 e. The predicted molar refractivity (Wildman–Crippen MR) is 92.3 cm³/mol. The van der Waals surface area contributed by atoms with Crippen LogP contribution in [0.4, 0.5) is 0 Å². The zero-order chi connectivity index (χ0) is 16.9. The van der Waals surface area contributed by atoms with Crippen molar-refractivity contribution in [1.29, 1.82) is 0 Å². The normalized spacial score (nSPS) is 10.5. The number of hydrogen-bond acceptors (Lipinski definition) is 5. The van der Waals surface area contributed by atoms with Crippen LogP contribution < -0.4 is 11.0 Å². The molecule has 1 N–H and O–H groups in total. The molecule has 0 saturated heterocycles. The van der Waals surface area contributed by atoms with Crippen molar-refractivity contribution < 1.29 is 9.53 Å². The van der Waals surface area contributed by atoms with Gasteiger partial charge in [-0.05, 0) is 19.1 Å². The Morgan fingerprint density at radius 1 is 1.12 bits per heavy atom. The quantitative estimate of drug-likeness (QED) is 0.729. The maximum atomic E-state index is 12.8. The molecule has 6 nitrogen and oxygen atoms in total. The van der Waals surface area contributed by atoms with Crippen LogP contribution in [0.15, 0.2) is 59.4 Å². The van der Waals surface area contributed by atoms with E-state index in [0.29, 0.717) is 16.7 Å². The summed E-state index contributed by atoms with van der Waals surface area (Å²) in [6.07, 6.45) is 0. The van der Waals surface area contributed by atoms with E-state index in [1.165, 1.54) is 4.68 Å². The number of carbonyl (C=O) groups is 1. The van der Waals surface area contributed by atoms with Crippen molar-refractivity contribution in [2.45, 2.75) is 6.92 Å². The summed E-state index contributed by atoms with van der Waals surface area (Å²) in [5.41, 5.74) is 3.95. The smallest absolute Gasteiger partial charge is 0.326 e. The van der Waals surface area contributed by atoms with E-state index in [0.717, 1.165) is 5.56 Å². The van der Waals surface area contributed by atoms with E-state index in [1.807, 2.05) is 36.4 Å². The summed E-state index contributed by atoms with van der Waals surface area (Å²) in [4.78, 5) is 29.0. The van der Waals surface area contributed by atoms with Gasteiger partial charge in [-0.15, -0.1) is 0 Å². The summed E-state index contributed by atoms with van der Waals surface area (Å²) >= 11 is 0. The van der Waals surface area contributed by atoms with Crippen molar-refractivity contribution in [3.63, 3.8) is 0 Å². The first kappa shape index (κ1) is 15.7. The summed E-state index contributed by atoms with van der Waals surface area (Å²) in [5.74, 6) is 0.0140. The van der Waals surface area contributed by atoms with Gasteiger partial charge in [0.2, 0.25) is 0 Å². The number of carbonyl (C=O) groups excluding carboxylic acids is 1. The molecule has 6 heteroatoms. The zero-order valence-electron chi connectivity index (χ0n) is 13.2. The number of esters is 1. The molecule has 0 aliphatic heterocycles. The lowest BCUT2D eigenvalue weighted by molar-refractivity contribution is -0.141. The number of nitrogens with zero attached hydrogens (tertiary/aromatic N) is 2. The second kappa shape index (κ2) is 6.95. The minimum absolute atomic E-state index is 0.117. The standard InChI is InChI=1S/C18H17N3O3/c1-2-24-16(22)12-19-21-17(13-8-4-3-5-9-13)20-15-11-7-6-10-14(15)18(21)23/h3-11,19H,2,12H2,1H3. The third-order valence-electron chi connectivity index (χ3n) is 3.49.